The molecule has 20 heavy (non-hydrogen) atoms. The average Bonchev–Trinajstić information content (AvgIpc) is 2.89. The van der Waals surface area contributed by atoms with Crippen LogP contribution in [0.15, 0.2) is 15.9 Å². The van der Waals surface area contributed by atoms with Crippen LogP contribution in [0.1, 0.15) is 30.6 Å². The molecule has 0 radical (unpaired) electrons. The van der Waals surface area contributed by atoms with Crippen molar-refractivity contribution in [1.29, 1.82) is 0 Å². The maximum absolute atomic E-state index is 12.5. The number of thiophene rings is 1. The van der Waals surface area contributed by atoms with E-state index in [1.165, 1.54) is 17.7 Å². The second kappa shape index (κ2) is 7.25. The van der Waals surface area contributed by atoms with E-state index >= 15 is 0 Å². The molecule has 2 unspecified atom stereocenters. The minimum Gasteiger partial charge on any atom is -0.335 e. The van der Waals surface area contributed by atoms with Crippen LogP contribution in [-0.4, -0.2) is 36.0 Å². The number of rotatable bonds is 3. The van der Waals surface area contributed by atoms with Crippen LogP contribution in [0.3, 0.4) is 0 Å². The van der Waals surface area contributed by atoms with Gasteiger partial charge >= 0.3 is 0 Å². The Morgan fingerprint density at radius 3 is 2.95 bits per heavy atom. The summed E-state index contributed by atoms with van der Waals surface area (Å²) in [7, 11) is 0. The molecule has 2 bridgehead atoms. The summed E-state index contributed by atoms with van der Waals surface area (Å²) in [6, 6.07) is 3.05. The zero-order valence-corrected chi connectivity index (χ0v) is 14.5. The highest BCUT2D eigenvalue weighted by Gasteiger charge is 2.37. The van der Waals surface area contributed by atoms with E-state index in [0.29, 0.717) is 24.4 Å². The van der Waals surface area contributed by atoms with Gasteiger partial charge in [0.2, 0.25) is 5.91 Å². The maximum Gasteiger partial charge on any atom is 0.223 e. The summed E-state index contributed by atoms with van der Waals surface area (Å²) < 4.78 is 1.12. The Morgan fingerprint density at radius 2 is 2.20 bits per heavy atom. The highest BCUT2D eigenvalue weighted by atomic mass is 79.9. The number of halogens is 2. The van der Waals surface area contributed by atoms with Crippen molar-refractivity contribution >= 4 is 45.6 Å². The number of aryl methyl sites for hydroxylation is 1. The molecule has 0 aromatic carbocycles. The predicted molar refractivity (Wildman–Crippen MR) is 88.7 cm³/mol. The summed E-state index contributed by atoms with van der Waals surface area (Å²) in [6.07, 6.45) is 5.02. The van der Waals surface area contributed by atoms with Crippen LogP contribution in [0, 0.1) is 0 Å². The lowest BCUT2D eigenvalue weighted by Crippen LogP contribution is -2.42. The lowest BCUT2D eigenvalue weighted by Gasteiger charge is -2.27. The summed E-state index contributed by atoms with van der Waals surface area (Å²) in [5.41, 5.74) is 0. The fourth-order valence-corrected chi connectivity index (χ4v) is 4.69. The summed E-state index contributed by atoms with van der Waals surface area (Å²) >= 11 is 5.19. The van der Waals surface area contributed by atoms with E-state index in [2.05, 4.69) is 37.6 Å². The minimum atomic E-state index is 0. The fourth-order valence-electron chi connectivity index (χ4n) is 3.23. The molecule has 1 N–H and O–H groups in total. The smallest absolute Gasteiger partial charge is 0.223 e. The summed E-state index contributed by atoms with van der Waals surface area (Å²) in [6.45, 7) is 2.04. The first-order valence-electron chi connectivity index (χ1n) is 6.99. The number of hydrogen-bond acceptors (Lipinski definition) is 3. The lowest BCUT2D eigenvalue weighted by atomic mass is 10.1. The highest BCUT2D eigenvalue weighted by Crippen LogP contribution is 2.29. The predicted octanol–water partition coefficient (Wildman–Crippen LogP) is 3.22. The molecular weight excluding hydrogens is 360 g/mol. The zero-order valence-electron chi connectivity index (χ0n) is 11.3. The normalized spacial score (nSPS) is 25.1. The monoisotopic (exact) mass is 378 g/mol. The maximum atomic E-state index is 12.5. The van der Waals surface area contributed by atoms with Crippen molar-refractivity contribution in [3.05, 3.63) is 20.8 Å². The topological polar surface area (TPSA) is 32.3 Å². The van der Waals surface area contributed by atoms with Gasteiger partial charge in [0.15, 0.2) is 0 Å². The van der Waals surface area contributed by atoms with Gasteiger partial charge in [-0.2, -0.15) is 0 Å². The Morgan fingerprint density at radius 1 is 1.40 bits per heavy atom. The molecule has 2 atom stereocenters. The van der Waals surface area contributed by atoms with E-state index < -0.39 is 0 Å². The second-order valence-electron chi connectivity index (χ2n) is 5.41. The minimum absolute atomic E-state index is 0. The number of fused-ring (bicyclic) bond motifs is 2. The van der Waals surface area contributed by atoms with Gasteiger partial charge in [-0.15, -0.1) is 23.7 Å². The molecule has 1 aromatic rings. The van der Waals surface area contributed by atoms with Crippen molar-refractivity contribution in [2.24, 2.45) is 0 Å². The molecular formula is C14H20BrClN2OS. The first-order valence-corrected chi connectivity index (χ1v) is 8.66. The third kappa shape index (κ3) is 3.56. The van der Waals surface area contributed by atoms with Crippen molar-refractivity contribution in [1.82, 2.24) is 10.2 Å². The number of nitrogens with one attached hydrogen (secondary N) is 1. The molecule has 2 aliphatic rings. The Labute approximate surface area is 138 Å². The third-order valence-corrected chi connectivity index (χ3v) is 5.91. The van der Waals surface area contributed by atoms with Crippen LogP contribution in [0.5, 0.6) is 0 Å². The largest absolute Gasteiger partial charge is 0.335 e. The van der Waals surface area contributed by atoms with E-state index in [9.17, 15) is 4.79 Å². The van der Waals surface area contributed by atoms with E-state index in [1.807, 2.05) is 0 Å². The summed E-state index contributed by atoms with van der Waals surface area (Å²) in [5, 5.41) is 5.53. The van der Waals surface area contributed by atoms with Crippen LogP contribution in [0.2, 0.25) is 0 Å². The van der Waals surface area contributed by atoms with Crippen molar-refractivity contribution in [3.63, 3.8) is 0 Å². The molecule has 1 aromatic heterocycles. The molecule has 2 saturated heterocycles. The fraction of sp³-hybridized carbons (Fsp3) is 0.643. The molecule has 0 saturated carbocycles. The van der Waals surface area contributed by atoms with Gasteiger partial charge in [-0.3, -0.25) is 4.79 Å². The van der Waals surface area contributed by atoms with Gasteiger partial charge in [0.1, 0.15) is 0 Å². The molecule has 3 rings (SSSR count). The SMILES string of the molecule is Cl.O=C(CCc1cc(Br)cs1)N1C2CCNCC1CC2. The van der Waals surface area contributed by atoms with E-state index in [1.54, 1.807) is 11.3 Å². The van der Waals surface area contributed by atoms with Crippen molar-refractivity contribution in [2.75, 3.05) is 13.1 Å². The van der Waals surface area contributed by atoms with Gasteiger partial charge in [0.05, 0.1) is 0 Å². The second-order valence-corrected chi connectivity index (χ2v) is 7.32. The molecule has 3 nitrogen and oxygen atoms in total. The number of nitrogens with zero attached hydrogens (tertiary/aromatic N) is 1. The Balaban J connectivity index is 0.00000147. The molecule has 112 valence electrons. The summed E-state index contributed by atoms with van der Waals surface area (Å²) in [5.74, 6) is 0.348. The lowest BCUT2D eigenvalue weighted by molar-refractivity contribution is -0.133. The van der Waals surface area contributed by atoms with Crippen LogP contribution >= 0.6 is 39.7 Å². The van der Waals surface area contributed by atoms with Crippen LogP contribution < -0.4 is 5.32 Å². The van der Waals surface area contributed by atoms with E-state index in [-0.39, 0.29) is 12.4 Å². The van der Waals surface area contributed by atoms with Gasteiger partial charge in [-0.25, -0.2) is 0 Å². The number of hydrogen-bond donors (Lipinski definition) is 1. The third-order valence-electron chi connectivity index (χ3n) is 4.15. The molecule has 2 aliphatic heterocycles. The Bertz CT molecular complexity index is 454. The van der Waals surface area contributed by atoms with E-state index in [0.717, 1.165) is 30.4 Å². The number of amides is 1. The van der Waals surface area contributed by atoms with Crippen molar-refractivity contribution in [2.45, 2.75) is 44.2 Å². The van der Waals surface area contributed by atoms with Gasteiger partial charge in [-0.1, -0.05) is 0 Å². The highest BCUT2D eigenvalue weighted by molar-refractivity contribution is 9.10. The van der Waals surface area contributed by atoms with Crippen molar-refractivity contribution < 1.29 is 4.79 Å². The molecule has 1 amide bonds. The standard InChI is InChI=1S/C14H19BrN2OS.ClH/c15-10-7-13(19-9-10)3-4-14(18)17-11-1-2-12(17)8-16-6-5-11;/h7,9,11-12,16H,1-6,8H2;1H. The Kier molecular flexibility index (Phi) is 5.90. The van der Waals surface area contributed by atoms with Gasteiger partial charge in [-0.05, 0) is 54.2 Å². The molecule has 0 aliphatic carbocycles. The number of carbonyl (C=O) groups is 1. The summed E-state index contributed by atoms with van der Waals surface area (Å²) in [4.78, 5) is 16.0. The van der Waals surface area contributed by atoms with E-state index in [4.69, 9.17) is 0 Å². The first-order chi connectivity index (χ1) is 9.24. The molecule has 3 heterocycles. The van der Waals surface area contributed by atoms with Gasteiger partial charge in [0, 0.05) is 39.8 Å². The zero-order chi connectivity index (χ0) is 13.2. The van der Waals surface area contributed by atoms with Crippen LogP contribution in [-0.2, 0) is 11.2 Å². The first kappa shape index (κ1) is 16.3. The van der Waals surface area contributed by atoms with Gasteiger partial charge in [0.25, 0.3) is 0 Å². The van der Waals surface area contributed by atoms with Crippen molar-refractivity contribution in [3.8, 4) is 0 Å². The molecule has 0 spiro atoms. The molecule has 2 fully saturated rings. The van der Waals surface area contributed by atoms with Gasteiger partial charge < -0.3 is 10.2 Å². The number of carbonyl (C=O) groups excluding carboxylic acids is 1. The quantitative estimate of drug-likeness (QED) is 0.874. The Hall–Kier alpha value is -0.100. The van der Waals surface area contributed by atoms with Crippen LogP contribution in [0.4, 0.5) is 0 Å². The molecule has 6 heteroatoms. The average molecular weight is 380 g/mol. The van der Waals surface area contributed by atoms with Crippen LogP contribution in [0.25, 0.3) is 0 Å².